The van der Waals surface area contributed by atoms with Crippen molar-refractivity contribution in [3.05, 3.63) is 36.1 Å². The van der Waals surface area contributed by atoms with E-state index in [4.69, 9.17) is 4.42 Å². The third-order valence-electron chi connectivity index (χ3n) is 3.29. The van der Waals surface area contributed by atoms with Crippen LogP contribution in [0.4, 0.5) is 0 Å². The van der Waals surface area contributed by atoms with E-state index < -0.39 is 0 Å². The van der Waals surface area contributed by atoms with Gasteiger partial charge in [-0.25, -0.2) is 0 Å². The summed E-state index contributed by atoms with van der Waals surface area (Å²) in [5.41, 5.74) is 0.851. The van der Waals surface area contributed by atoms with Crippen LogP contribution in [0.15, 0.2) is 34.7 Å². The highest BCUT2D eigenvalue weighted by molar-refractivity contribution is 5.79. The van der Waals surface area contributed by atoms with Gasteiger partial charge in [-0.3, -0.25) is 4.79 Å². The zero-order valence-electron chi connectivity index (χ0n) is 12.3. The number of benzene rings is 1. The minimum atomic E-state index is -0.122. The topological polar surface area (TPSA) is 54.3 Å². The normalized spacial score (nSPS) is 14.2. The summed E-state index contributed by atoms with van der Waals surface area (Å²) in [5.74, 6) is 0.821. The fraction of sp³-hybridized carbons (Fsp3) is 0.438. The first-order valence-electron chi connectivity index (χ1n) is 7.11. The summed E-state index contributed by atoms with van der Waals surface area (Å²) in [7, 11) is 0. The van der Waals surface area contributed by atoms with Crippen molar-refractivity contribution in [1.82, 2.24) is 10.6 Å². The van der Waals surface area contributed by atoms with Crippen LogP contribution in [-0.2, 0) is 4.79 Å². The predicted molar refractivity (Wildman–Crippen MR) is 80.5 cm³/mol. The lowest BCUT2D eigenvalue weighted by atomic mass is 10.2. The molecule has 1 amide bonds. The smallest absolute Gasteiger partial charge is 0.222 e. The Kier molecular flexibility index (Phi) is 4.79. The van der Waals surface area contributed by atoms with Crippen molar-refractivity contribution in [3.8, 4) is 0 Å². The van der Waals surface area contributed by atoms with Gasteiger partial charge in [-0.1, -0.05) is 25.1 Å². The molecule has 2 N–H and O–H groups in total. The molecule has 0 saturated heterocycles. The maximum Gasteiger partial charge on any atom is 0.222 e. The summed E-state index contributed by atoms with van der Waals surface area (Å²) in [6, 6.07) is 9.89. The Morgan fingerprint density at radius 3 is 2.75 bits per heavy atom. The first-order valence-corrected chi connectivity index (χ1v) is 7.11. The number of carbonyl (C=O) groups excluding carboxylic acids is 1. The molecule has 1 aromatic carbocycles. The van der Waals surface area contributed by atoms with Crippen LogP contribution in [0, 0.1) is 0 Å². The summed E-state index contributed by atoms with van der Waals surface area (Å²) < 4.78 is 5.75. The van der Waals surface area contributed by atoms with E-state index in [0.29, 0.717) is 6.42 Å². The van der Waals surface area contributed by atoms with E-state index in [1.165, 1.54) is 0 Å². The van der Waals surface area contributed by atoms with Gasteiger partial charge in [0, 0.05) is 17.8 Å². The minimum absolute atomic E-state index is 0.0337. The van der Waals surface area contributed by atoms with E-state index in [1.54, 1.807) is 0 Å². The van der Waals surface area contributed by atoms with Gasteiger partial charge in [0.25, 0.3) is 0 Å². The molecule has 0 fully saturated rings. The molecule has 4 heteroatoms. The highest BCUT2D eigenvalue weighted by Gasteiger charge is 2.15. The lowest BCUT2D eigenvalue weighted by Crippen LogP contribution is -2.34. The van der Waals surface area contributed by atoms with Gasteiger partial charge in [-0.15, -0.1) is 0 Å². The van der Waals surface area contributed by atoms with E-state index >= 15 is 0 Å². The molecule has 4 nitrogen and oxygen atoms in total. The average molecular weight is 274 g/mol. The van der Waals surface area contributed by atoms with E-state index in [9.17, 15) is 4.79 Å². The molecule has 2 unspecified atom stereocenters. The van der Waals surface area contributed by atoms with Crippen LogP contribution in [0.2, 0.25) is 0 Å². The molecule has 0 aliphatic rings. The molecule has 1 aromatic heterocycles. The van der Waals surface area contributed by atoms with E-state index in [0.717, 1.165) is 23.3 Å². The number of rotatable bonds is 6. The van der Waals surface area contributed by atoms with Crippen molar-refractivity contribution >= 4 is 16.9 Å². The summed E-state index contributed by atoms with van der Waals surface area (Å²) >= 11 is 0. The SMILES string of the molecule is CCNC(C)CC(=O)NC(C)c1cc2ccccc2o1. The van der Waals surface area contributed by atoms with Crippen molar-refractivity contribution in [2.75, 3.05) is 6.54 Å². The van der Waals surface area contributed by atoms with Crippen LogP contribution >= 0.6 is 0 Å². The quantitative estimate of drug-likeness (QED) is 0.851. The minimum Gasteiger partial charge on any atom is -0.459 e. The Hall–Kier alpha value is -1.81. The number of hydrogen-bond acceptors (Lipinski definition) is 3. The summed E-state index contributed by atoms with van der Waals surface area (Å²) in [6.45, 7) is 6.85. The third-order valence-corrected chi connectivity index (χ3v) is 3.29. The number of hydrogen-bond donors (Lipinski definition) is 2. The molecule has 1 heterocycles. The third kappa shape index (κ3) is 3.61. The molecule has 20 heavy (non-hydrogen) atoms. The first kappa shape index (κ1) is 14.6. The molecule has 108 valence electrons. The lowest BCUT2D eigenvalue weighted by Gasteiger charge is -2.15. The van der Waals surface area contributed by atoms with Crippen LogP contribution < -0.4 is 10.6 Å². The molecule has 0 saturated carbocycles. The summed E-state index contributed by atoms with van der Waals surface area (Å²) in [6.07, 6.45) is 0.471. The molecule has 2 rings (SSSR count). The zero-order chi connectivity index (χ0) is 14.5. The number of furan rings is 1. The fourth-order valence-electron chi connectivity index (χ4n) is 2.29. The first-order chi connectivity index (χ1) is 9.60. The molecular formula is C16H22N2O2. The molecule has 2 atom stereocenters. The molecule has 0 aliphatic heterocycles. The largest absolute Gasteiger partial charge is 0.459 e. The van der Waals surface area contributed by atoms with Gasteiger partial charge in [-0.05, 0) is 32.5 Å². The van der Waals surface area contributed by atoms with Gasteiger partial charge in [0.2, 0.25) is 5.91 Å². The van der Waals surface area contributed by atoms with Gasteiger partial charge in [0.05, 0.1) is 6.04 Å². The molecule has 0 spiro atoms. The van der Waals surface area contributed by atoms with Gasteiger partial charge < -0.3 is 15.1 Å². The molecular weight excluding hydrogens is 252 g/mol. The van der Waals surface area contributed by atoms with Gasteiger partial charge >= 0.3 is 0 Å². The van der Waals surface area contributed by atoms with E-state index in [2.05, 4.69) is 10.6 Å². The Morgan fingerprint density at radius 1 is 1.30 bits per heavy atom. The Labute approximate surface area is 119 Å². The number of carbonyl (C=O) groups is 1. The Bertz CT molecular complexity index is 544. The highest BCUT2D eigenvalue weighted by Crippen LogP contribution is 2.23. The average Bonchev–Trinajstić information content (AvgIpc) is 2.82. The van der Waals surface area contributed by atoms with Crippen molar-refractivity contribution in [2.24, 2.45) is 0 Å². The molecule has 0 radical (unpaired) electrons. The number of amides is 1. The van der Waals surface area contributed by atoms with Gasteiger partial charge in [-0.2, -0.15) is 0 Å². The van der Waals surface area contributed by atoms with Crippen LogP contribution in [-0.4, -0.2) is 18.5 Å². The van der Waals surface area contributed by atoms with Crippen molar-refractivity contribution in [3.63, 3.8) is 0 Å². The highest BCUT2D eigenvalue weighted by atomic mass is 16.3. The maximum atomic E-state index is 11.9. The monoisotopic (exact) mass is 274 g/mol. The van der Waals surface area contributed by atoms with Gasteiger partial charge in [0.15, 0.2) is 0 Å². The standard InChI is InChI=1S/C16H22N2O2/c1-4-17-11(2)9-16(19)18-12(3)15-10-13-7-5-6-8-14(13)20-15/h5-8,10-12,17H,4,9H2,1-3H3,(H,18,19). The summed E-state index contributed by atoms with van der Waals surface area (Å²) in [5, 5.41) is 7.26. The zero-order valence-corrected chi connectivity index (χ0v) is 12.3. The predicted octanol–water partition coefficient (Wildman–Crippen LogP) is 3.00. The van der Waals surface area contributed by atoms with Crippen molar-refractivity contribution in [2.45, 2.75) is 39.3 Å². The van der Waals surface area contributed by atoms with E-state index in [-0.39, 0.29) is 18.0 Å². The summed E-state index contributed by atoms with van der Waals surface area (Å²) in [4.78, 5) is 11.9. The van der Waals surface area contributed by atoms with Crippen LogP contribution in [0.5, 0.6) is 0 Å². The lowest BCUT2D eigenvalue weighted by molar-refractivity contribution is -0.122. The van der Waals surface area contributed by atoms with Crippen LogP contribution in [0.1, 0.15) is 39.0 Å². The fourth-order valence-corrected chi connectivity index (χ4v) is 2.29. The Morgan fingerprint density at radius 2 is 2.05 bits per heavy atom. The molecule has 0 aliphatic carbocycles. The van der Waals surface area contributed by atoms with Crippen molar-refractivity contribution < 1.29 is 9.21 Å². The second-order valence-electron chi connectivity index (χ2n) is 5.14. The number of fused-ring (bicyclic) bond motifs is 1. The number of para-hydroxylation sites is 1. The van der Waals surface area contributed by atoms with Crippen molar-refractivity contribution in [1.29, 1.82) is 0 Å². The van der Waals surface area contributed by atoms with Crippen LogP contribution in [0.3, 0.4) is 0 Å². The van der Waals surface area contributed by atoms with Crippen LogP contribution in [0.25, 0.3) is 11.0 Å². The van der Waals surface area contributed by atoms with Gasteiger partial charge in [0.1, 0.15) is 11.3 Å². The number of nitrogens with one attached hydrogen (secondary N) is 2. The molecule has 0 bridgehead atoms. The maximum absolute atomic E-state index is 11.9. The Balaban J connectivity index is 1.97. The molecule has 2 aromatic rings. The van der Waals surface area contributed by atoms with E-state index in [1.807, 2.05) is 51.1 Å². The second-order valence-corrected chi connectivity index (χ2v) is 5.14. The second kappa shape index (κ2) is 6.57.